The minimum Gasteiger partial charge on any atom is -0.359 e. The van der Waals surface area contributed by atoms with E-state index < -0.39 is 11.6 Å². The van der Waals surface area contributed by atoms with Crippen LogP contribution in [0.2, 0.25) is 5.02 Å². The zero-order chi connectivity index (χ0) is 18.1. The zero-order valence-electron chi connectivity index (χ0n) is 13.5. The average Bonchev–Trinajstić information content (AvgIpc) is 2.59. The van der Waals surface area contributed by atoms with Crippen LogP contribution >= 0.6 is 11.6 Å². The summed E-state index contributed by atoms with van der Waals surface area (Å²) in [7, 11) is 1.49. The Morgan fingerprint density at radius 2 is 2.12 bits per heavy atom. The predicted octanol–water partition coefficient (Wildman–Crippen LogP) is 2.32. The Labute approximate surface area is 147 Å². The average molecular weight is 356 g/mol. The fraction of sp³-hybridized carbons (Fsp3) is 0.176. The van der Waals surface area contributed by atoms with Crippen molar-refractivity contribution in [1.29, 1.82) is 5.26 Å². The van der Waals surface area contributed by atoms with Crippen LogP contribution in [-0.4, -0.2) is 14.5 Å². The molecule has 0 amide bonds. The SMILES string of the molecule is C[C@H](Nc1ncc(C#N)n(C)c1=O)c1cc2cc(Cl)ccc2[nH]c1=O. The molecule has 7 nitrogen and oxygen atoms in total. The molecule has 1 atom stereocenters. The lowest BCUT2D eigenvalue weighted by Crippen LogP contribution is -2.27. The first-order valence-electron chi connectivity index (χ1n) is 7.46. The summed E-state index contributed by atoms with van der Waals surface area (Å²) >= 11 is 6.00. The van der Waals surface area contributed by atoms with Gasteiger partial charge in [0.05, 0.1) is 12.2 Å². The minimum atomic E-state index is -0.472. The zero-order valence-corrected chi connectivity index (χ0v) is 14.3. The Kier molecular flexibility index (Phi) is 4.30. The first kappa shape index (κ1) is 16.7. The van der Waals surface area contributed by atoms with Crippen molar-refractivity contribution >= 4 is 28.3 Å². The van der Waals surface area contributed by atoms with Gasteiger partial charge in [0, 0.05) is 28.5 Å². The number of hydrogen-bond acceptors (Lipinski definition) is 5. The molecule has 0 aliphatic carbocycles. The van der Waals surface area contributed by atoms with Gasteiger partial charge in [0.25, 0.3) is 11.1 Å². The molecule has 0 aliphatic heterocycles. The van der Waals surface area contributed by atoms with Gasteiger partial charge < -0.3 is 10.3 Å². The van der Waals surface area contributed by atoms with Gasteiger partial charge >= 0.3 is 0 Å². The predicted molar refractivity (Wildman–Crippen MR) is 95.8 cm³/mol. The van der Waals surface area contributed by atoms with E-state index in [2.05, 4.69) is 15.3 Å². The van der Waals surface area contributed by atoms with Crippen LogP contribution in [0.15, 0.2) is 40.1 Å². The fourth-order valence-corrected chi connectivity index (χ4v) is 2.72. The molecule has 2 heterocycles. The van der Waals surface area contributed by atoms with Gasteiger partial charge in [0.2, 0.25) is 0 Å². The van der Waals surface area contributed by atoms with Crippen LogP contribution in [0, 0.1) is 11.3 Å². The maximum atomic E-state index is 12.3. The van der Waals surface area contributed by atoms with E-state index in [1.165, 1.54) is 17.8 Å². The van der Waals surface area contributed by atoms with Gasteiger partial charge in [0.1, 0.15) is 11.8 Å². The number of aromatic nitrogens is 3. The van der Waals surface area contributed by atoms with Crippen molar-refractivity contribution in [3.63, 3.8) is 0 Å². The quantitative estimate of drug-likeness (QED) is 0.750. The third-order valence-electron chi connectivity index (χ3n) is 3.95. The van der Waals surface area contributed by atoms with Gasteiger partial charge in [-0.2, -0.15) is 5.26 Å². The van der Waals surface area contributed by atoms with Crippen molar-refractivity contribution in [1.82, 2.24) is 14.5 Å². The van der Waals surface area contributed by atoms with Gasteiger partial charge in [-0.05, 0) is 31.2 Å². The molecule has 2 N–H and O–H groups in total. The topological polar surface area (TPSA) is 104 Å². The molecule has 8 heteroatoms. The second-order valence-electron chi connectivity index (χ2n) is 5.62. The van der Waals surface area contributed by atoms with Crippen LogP contribution in [0.4, 0.5) is 5.82 Å². The van der Waals surface area contributed by atoms with Crippen LogP contribution in [0.3, 0.4) is 0 Å². The second kappa shape index (κ2) is 6.42. The number of aromatic amines is 1. The summed E-state index contributed by atoms with van der Waals surface area (Å²) < 4.78 is 1.20. The highest BCUT2D eigenvalue weighted by Gasteiger charge is 2.15. The third-order valence-corrected chi connectivity index (χ3v) is 4.19. The Balaban J connectivity index is 2.01. The van der Waals surface area contributed by atoms with Gasteiger partial charge in [-0.3, -0.25) is 14.2 Å². The Hall–Kier alpha value is -3.11. The van der Waals surface area contributed by atoms with Crippen molar-refractivity contribution < 1.29 is 0 Å². The minimum absolute atomic E-state index is 0.0691. The van der Waals surface area contributed by atoms with Gasteiger partial charge in [-0.25, -0.2) is 4.98 Å². The molecule has 2 aromatic heterocycles. The number of halogens is 1. The number of pyridine rings is 1. The number of rotatable bonds is 3. The molecular weight excluding hydrogens is 342 g/mol. The number of nitrogens with one attached hydrogen (secondary N) is 2. The third kappa shape index (κ3) is 3.12. The lowest BCUT2D eigenvalue weighted by atomic mass is 10.1. The molecule has 0 aliphatic rings. The van der Waals surface area contributed by atoms with Crippen molar-refractivity contribution in [3.05, 3.63) is 67.4 Å². The number of nitriles is 1. The largest absolute Gasteiger partial charge is 0.359 e. The summed E-state index contributed by atoms with van der Waals surface area (Å²) in [5.41, 5.74) is 0.577. The maximum Gasteiger partial charge on any atom is 0.294 e. The molecule has 0 fully saturated rings. The Morgan fingerprint density at radius 3 is 2.84 bits per heavy atom. The molecule has 3 rings (SSSR count). The molecule has 0 radical (unpaired) electrons. The van der Waals surface area contributed by atoms with Crippen molar-refractivity contribution in [2.45, 2.75) is 13.0 Å². The normalized spacial score (nSPS) is 11.9. The number of hydrogen-bond donors (Lipinski definition) is 2. The summed E-state index contributed by atoms with van der Waals surface area (Å²) in [4.78, 5) is 31.3. The monoisotopic (exact) mass is 355 g/mol. The number of fused-ring (bicyclic) bond motifs is 1. The first-order valence-corrected chi connectivity index (χ1v) is 7.83. The van der Waals surface area contributed by atoms with E-state index in [9.17, 15) is 9.59 Å². The molecule has 0 saturated heterocycles. The molecule has 0 spiro atoms. The van der Waals surface area contributed by atoms with E-state index in [1.54, 1.807) is 31.2 Å². The van der Waals surface area contributed by atoms with Crippen molar-refractivity contribution in [3.8, 4) is 6.07 Å². The summed E-state index contributed by atoms with van der Waals surface area (Å²) in [5, 5.41) is 13.2. The van der Waals surface area contributed by atoms with Crippen LogP contribution < -0.4 is 16.4 Å². The lowest BCUT2D eigenvalue weighted by molar-refractivity contribution is 0.798. The highest BCUT2D eigenvalue weighted by molar-refractivity contribution is 6.31. The van der Waals surface area contributed by atoms with E-state index in [0.717, 1.165) is 5.39 Å². The van der Waals surface area contributed by atoms with Crippen LogP contribution in [0.25, 0.3) is 10.9 Å². The number of anilines is 1. The lowest BCUT2D eigenvalue weighted by Gasteiger charge is -2.15. The molecule has 0 saturated carbocycles. The van der Waals surface area contributed by atoms with E-state index >= 15 is 0 Å². The van der Waals surface area contributed by atoms with Crippen molar-refractivity contribution in [2.75, 3.05) is 5.32 Å². The Bertz CT molecular complexity index is 1130. The van der Waals surface area contributed by atoms with Crippen molar-refractivity contribution in [2.24, 2.45) is 7.05 Å². The molecule has 25 heavy (non-hydrogen) atoms. The molecule has 3 aromatic rings. The van der Waals surface area contributed by atoms with Crippen LogP contribution in [0.1, 0.15) is 24.2 Å². The Morgan fingerprint density at radius 1 is 1.36 bits per heavy atom. The highest BCUT2D eigenvalue weighted by atomic mass is 35.5. The summed E-state index contributed by atoms with van der Waals surface area (Å²) in [6, 6.07) is 8.33. The maximum absolute atomic E-state index is 12.3. The molecular formula is C17H14ClN5O2. The number of benzene rings is 1. The van der Waals surface area contributed by atoms with Gasteiger partial charge in [-0.1, -0.05) is 11.6 Å². The summed E-state index contributed by atoms with van der Waals surface area (Å²) in [5.74, 6) is 0.0691. The molecule has 1 aromatic carbocycles. The first-order chi connectivity index (χ1) is 11.9. The molecule has 126 valence electrons. The fourth-order valence-electron chi connectivity index (χ4n) is 2.54. The highest BCUT2D eigenvalue weighted by Crippen LogP contribution is 2.20. The van der Waals surface area contributed by atoms with E-state index in [-0.39, 0.29) is 17.1 Å². The number of nitrogens with zero attached hydrogens (tertiary/aromatic N) is 3. The van der Waals surface area contributed by atoms with E-state index in [1.807, 2.05) is 6.07 Å². The smallest absolute Gasteiger partial charge is 0.294 e. The summed E-state index contributed by atoms with van der Waals surface area (Å²) in [6.45, 7) is 1.75. The molecule has 0 unspecified atom stereocenters. The standard InChI is InChI=1S/C17H14ClN5O2/c1-9(21-15-17(25)23(2)12(7-19)8-20-15)13-6-10-5-11(18)3-4-14(10)22-16(13)24/h3-6,8-9H,1-2H3,(H,20,21)(H,22,24)/t9-/m0/s1. The van der Waals surface area contributed by atoms with Gasteiger partial charge in [-0.15, -0.1) is 0 Å². The van der Waals surface area contributed by atoms with E-state index in [4.69, 9.17) is 16.9 Å². The van der Waals surface area contributed by atoms with Crippen LogP contribution in [0.5, 0.6) is 0 Å². The van der Waals surface area contributed by atoms with E-state index in [0.29, 0.717) is 16.1 Å². The number of H-pyrrole nitrogens is 1. The molecule has 0 bridgehead atoms. The summed E-state index contributed by atoms with van der Waals surface area (Å²) in [6.07, 6.45) is 1.31. The van der Waals surface area contributed by atoms with Gasteiger partial charge in [0.15, 0.2) is 5.82 Å². The second-order valence-corrected chi connectivity index (χ2v) is 6.06. The van der Waals surface area contributed by atoms with Crippen LogP contribution in [-0.2, 0) is 7.05 Å².